The SMILES string of the molecule is N#C[C@H]1C(=O)Nn2c(N)nc(-c3ccccc3)c2[C@H]1c1ccccc1. The lowest BCUT2D eigenvalue weighted by Gasteiger charge is -2.29. The minimum Gasteiger partial charge on any atom is -0.368 e. The monoisotopic (exact) mass is 329 g/mol. The molecule has 0 bridgehead atoms. The van der Waals surface area contributed by atoms with Gasteiger partial charge in [-0.3, -0.25) is 10.2 Å². The summed E-state index contributed by atoms with van der Waals surface area (Å²) >= 11 is 0. The van der Waals surface area contributed by atoms with Gasteiger partial charge in [-0.15, -0.1) is 0 Å². The summed E-state index contributed by atoms with van der Waals surface area (Å²) < 4.78 is 1.50. The topological polar surface area (TPSA) is 96.7 Å². The molecule has 0 aliphatic carbocycles. The summed E-state index contributed by atoms with van der Waals surface area (Å²) in [6, 6.07) is 21.3. The van der Waals surface area contributed by atoms with E-state index in [-0.39, 0.29) is 11.9 Å². The van der Waals surface area contributed by atoms with Crippen molar-refractivity contribution in [1.29, 1.82) is 5.26 Å². The third-order valence-electron chi connectivity index (χ3n) is 4.42. The van der Waals surface area contributed by atoms with Crippen LogP contribution in [-0.2, 0) is 4.79 Å². The Morgan fingerprint density at radius 3 is 2.36 bits per heavy atom. The first-order chi connectivity index (χ1) is 12.2. The van der Waals surface area contributed by atoms with Gasteiger partial charge in [-0.05, 0) is 5.56 Å². The van der Waals surface area contributed by atoms with Crippen LogP contribution in [-0.4, -0.2) is 15.6 Å². The number of hydrogen-bond donors (Lipinski definition) is 2. The van der Waals surface area contributed by atoms with Crippen LogP contribution < -0.4 is 11.2 Å². The number of imidazole rings is 1. The van der Waals surface area contributed by atoms with Crippen LogP contribution >= 0.6 is 0 Å². The van der Waals surface area contributed by atoms with Gasteiger partial charge in [-0.1, -0.05) is 60.7 Å². The first-order valence-corrected chi connectivity index (χ1v) is 7.89. The number of aromatic nitrogens is 2. The largest absolute Gasteiger partial charge is 0.368 e. The highest BCUT2D eigenvalue weighted by Gasteiger charge is 2.41. The zero-order valence-corrected chi connectivity index (χ0v) is 13.3. The molecule has 0 unspecified atom stereocenters. The Morgan fingerprint density at radius 2 is 1.72 bits per heavy atom. The first kappa shape index (κ1) is 15.0. The van der Waals surface area contributed by atoms with Gasteiger partial charge in [0.1, 0.15) is 5.92 Å². The molecule has 25 heavy (non-hydrogen) atoms. The lowest BCUT2D eigenvalue weighted by molar-refractivity contribution is -0.120. The second-order valence-electron chi connectivity index (χ2n) is 5.88. The molecule has 0 fully saturated rings. The molecular formula is C19H15N5O. The van der Waals surface area contributed by atoms with Crippen LogP contribution in [0.1, 0.15) is 17.2 Å². The van der Waals surface area contributed by atoms with Crippen LogP contribution in [0.15, 0.2) is 60.7 Å². The van der Waals surface area contributed by atoms with Crippen molar-refractivity contribution in [2.75, 3.05) is 11.2 Å². The summed E-state index contributed by atoms with van der Waals surface area (Å²) in [4.78, 5) is 16.9. The van der Waals surface area contributed by atoms with Crippen LogP contribution in [0.3, 0.4) is 0 Å². The second-order valence-corrected chi connectivity index (χ2v) is 5.88. The Balaban J connectivity index is 1.99. The van der Waals surface area contributed by atoms with E-state index in [1.807, 2.05) is 60.7 Å². The van der Waals surface area contributed by atoms with Crippen molar-refractivity contribution in [3.05, 3.63) is 71.9 Å². The molecule has 0 spiro atoms. The minimum absolute atomic E-state index is 0.194. The Hall–Kier alpha value is -3.59. The summed E-state index contributed by atoms with van der Waals surface area (Å²) in [5.74, 6) is -1.49. The molecule has 1 aromatic heterocycles. The molecule has 2 aromatic carbocycles. The van der Waals surface area contributed by atoms with Gasteiger partial charge in [0.25, 0.3) is 5.91 Å². The molecule has 1 aliphatic rings. The average Bonchev–Trinajstić information content (AvgIpc) is 2.98. The van der Waals surface area contributed by atoms with Gasteiger partial charge in [0, 0.05) is 5.56 Å². The Labute approximate surface area is 144 Å². The fourth-order valence-electron chi connectivity index (χ4n) is 3.30. The molecule has 4 rings (SSSR count). The minimum atomic E-state index is -0.853. The van der Waals surface area contributed by atoms with Crippen LogP contribution in [0.5, 0.6) is 0 Å². The number of fused-ring (bicyclic) bond motifs is 1. The van der Waals surface area contributed by atoms with E-state index >= 15 is 0 Å². The summed E-state index contributed by atoms with van der Waals surface area (Å²) in [5, 5.41) is 9.62. The smallest absolute Gasteiger partial charge is 0.257 e. The molecule has 2 heterocycles. The molecule has 3 aromatic rings. The Morgan fingerprint density at radius 1 is 1.08 bits per heavy atom. The highest BCUT2D eigenvalue weighted by atomic mass is 16.2. The number of nitrogens with two attached hydrogens (primary N) is 1. The maximum Gasteiger partial charge on any atom is 0.257 e. The van der Waals surface area contributed by atoms with Crippen LogP contribution in [0, 0.1) is 17.2 Å². The fraction of sp³-hybridized carbons (Fsp3) is 0.105. The number of nitrogen functional groups attached to an aromatic ring is 1. The highest BCUT2D eigenvalue weighted by Crippen LogP contribution is 2.41. The van der Waals surface area contributed by atoms with Crippen molar-refractivity contribution in [3.8, 4) is 17.3 Å². The van der Waals surface area contributed by atoms with Gasteiger partial charge in [0.2, 0.25) is 5.95 Å². The van der Waals surface area contributed by atoms with Gasteiger partial charge in [0.15, 0.2) is 0 Å². The quantitative estimate of drug-likeness (QED) is 0.755. The van der Waals surface area contributed by atoms with Crippen molar-refractivity contribution in [2.24, 2.45) is 5.92 Å². The van der Waals surface area contributed by atoms with E-state index in [2.05, 4.69) is 16.5 Å². The van der Waals surface area contributed by atoms with Gasteiger partial charge < -0.3 is 5.73 Å². The summed E-state index contributed by atoms with van der Waals surface area (Å²) in [6.07, 6.45) is 0. The fourth-order valence-corrected chi connectivity index (χ4v) is 3.30. The molecule has 0 saturated heterocycles. The number of benzene rings is 2. The number of carbonyl (C=O) groups is 1. The zero-order valence-electron chi connectivity index (χ0n) is 13.3. The summed E-state index contributed by atoms with van der Waals surface area (Å²) in [7, 11) is 0. The van der Waals surface area contributed by atoms with Crippen LogP contribution in [0.2, 0.25) is 0 Å². The molecular weight excluding hydrogens is 314 g/mol. The lowest BCUT2D eigenvalue weighted by Crippen LogP contribution is -2.40. The first-order valence-electron chi connectivity index (χ1n) is 7.89. The van der Waals surface area contributed by atoms with Crippen molar-refractivity contribution in [2.45, 2.75) is 5.92 Å². The van der Waals surface area contributed by atoms with E-state index in [1.54, 1.807) is 0 Å². The van der Waals surface area contributed by atoms with Gasteiger partial charge in [-0.2, -0.15) is 5.26 Å². The van der Waals surface area contributed by atoms with E-state index in [1.165, 1.54) is 4.68 Å². The number of anilines is 1. The summed E-state index contributed by atoms with van der Waals surface area (Å²) in [5.41, 5.74) is 11.9. The number of amides is 1. The molecule has 0 radical (unpaired) electrons. The molecule has 2 atom stereocenters. The standard InChI is InChI=1S/C19H15N5O/c20-11-14-15(12-7-3-1-4-8-12)17-16(13-9-5-2-6-10-13)22-19(21)24(17)23-18(14)25/h1-10,14-15H,(H2,21,22)(H,23,25)/t14-,15+/m1/s1. The molecule has 6 heteroatoms. The van der Waals surface area contributed by atoms with Crippen molar-refractivity contribution in [1.82, 2.24) is 9.66 Å². The van der Waals surface area contributed by atoms with Crippen molar-refractivity contribution < 1.29 is 4.79 Å². The zero-order chi connectivity index (χ0) is 17.4. The maximum atomic E-state index is 12.4. The van der Waals surface area contributed by atoms with Crippen molar-refractivity contribution in [3.63, 3.8) is 0 Å². The number of nitriles is 1. The normalized spacial score (nSPS) is 18.9. The van der Waals surface area contributed by atoms with Crippen molar-refractivity contribution >= 4 is 11.9 Å². The highest BCUT2D eigenvalue weighted by molar-refractivity contribution is 5.92. The van der Waals surface area contributed by atoms with E-state index < -0.39 is 11.8 Å². The third-order valence-corrected chi connectivity index (χ3v) is 4.42. The number of rotatable bonds is 2. The van der Waals surface area contributed by atoms with E-state index in [0.29, 0.717) is 5.69 Å². The Bertz CT molecular complexity index is 972. The van der Waals surface area contributed by atoms with Crippen LogP contribution in [0.4, 0.5) is 5.95 Å². The predicted molar refractivity (Wildman–Crippen MR) is 93.8 cm³/mol. The number of carbonyl (C=O) groups excluding carboxylic acids is 1. The van der Waals surface area contributed by atoms with Crippen LogP contribution in [0.25, 0.3) is 11.3 Å². The number of nitrogens with one attached hydrogen (secondary N) is 1. The summed E-state index contributed by atoms with van der Waals surface area (Å²) in [6.45, 7) is 0. The number of hydrogen-bond acceptors (Lipinski definition) is 4. The lowest BCUT2D eigenvalue weighted by atomic mass is 9.81. The molecule has 6 nitrogen and oxygen atoms in total. The molecule has 1 amide bonds. The third kappa shape index (κ3) is 2.34. The molecule has 122 valence electrons. The van der Waals surface area contributed by atoms with E-state index in [0.717, 1.165) is 16.8 Å². The average molecular weight is 329 g/mol. The van der Waals surface area contributed by atoms with Gasteiger partial charge in [0.05, 0.1) is 23.4 Å². The number of nitrogens with zero attached hydrogens (tertiary/aromatic N) is 3. The molecule has 3 N–H and O–H groups in total. The van der Waals surface area contributed by atoms with E-state index in [4.69, 9.17) is 5.73 Å². The second kappa shape index (κ2) is 5.80. The molecule has 0 saturated carbocycles. The predicted octanol–water partition coefficient (Wildman–Crippen LogP) is 2.49. The Kier molecular flexibility index (Phi) is 3.47. The van der Waals surface area contributed by atoms with Gasteiger partial charge >= 0.3 is 0 Å². The molecule has 1 aliphatic heterocycles. The maximum absolute atomic E-state index is 12.4. The van der Waals surface area contributed by atoms with Gasteiger partial charge in [-0.25, -0.2) is 9.66 Å². The van der Waals surface area contributed by atoms with E-state index in [9.17, 15) is 10.1 Å².